The first kappa shape index (κ1) is 22.3. The van der Waals surface area contributed by atoms with Crippen LogP contribution < -0.4 is 15.6 Å². The van der Waals surface area contributed by atoms with E-state index >= 15 is 0 Å². The van der Waals surface area contributed by atoms with E-state index in [1.54, 1.807) is 12.1 Å². The van der Waals surface area contributed by atoms with Crippen molar-refractivity contribution in [3.63, 3.8) is 0 Å². The maximum absolute atomic E-state index is 13.6. The molecule has 0 bridgehead atoms. The van der Waals surface area contributed by atoms with Gasteiger partial charge in [-0.2, -0.15) is 5.10 Å². The normalized spacial score (nSPS) is 10.7. The maximum Gasteiger partial charge on any atom is 0.280 e. The first-order valence-electron chi connectivity index (χ1n) is 10.3. The van der Waals surface area contributed by atoms with Gasteiger partial charge in [0.25, 0.3) is 11.5 Å². The van der Waals surface area contributed by atoms with Crippen LogP contribution in [0.15, 0.2) is 77.6 Å². The van der Waals surface area contributed by atoms with Crippen LogP contribution in [0.1, 0.15) is 15.9 Å². The largest absolute Gasteiger partial charge is 0.495 e. The number of methoxy groups -OCH3 is 1. The number of rotatable bonds is 5. The van der Waals surface area contributed by atoms with Crippen molar-refractivity contribution in [3.8, 4) is 28.1 Å². The van der Waals surface area contributed by atoms with Gasteiger partial charge in [0.05, 0.1) is 18.5 Å². The van der Waals surface area contributed by atoms with Gasteiger partial charge in [-0.15, -0.1) is 0 Å². The third-order valence-corrected chi connectivity index (χ3v) is 5.72. The second-order valence-electron chi connectivity index (χ2n) is 7.52. The Bertz CT molecular complexity index is 1380. The number of aromatic nitrogens is 2. The van der Waals surface area contributed by atoms with Gasteiger partial charge in [0.2, 0.25) is 0 Å². The summed E-state index contributed by atoms with van der Waals surface area (Å²) >= 11 is 6.20. The van der Waals surface area contributed by atoms with Crippen molar-refractivity contribution in [2.45, 2.75) is 6.92 Å². The van der Waals surface area contributed by atoms with Crippen LogP contribution in [0.25, 0.3) is 22.4 Å². The molecule has 166 valence electrons. The topological polar surface area (TPSA) is 73.2 Å². The number of nitrogens with one attached hydrogen (secondary N) is 1. The van der Waals surface area contributed by atoms with Crippen LogP contribution in [0.5, 0.6) is 5.75 Å². The SMILES string of the molecule is COc1cc(Cl)c(C)cc1NC(=O)c1c(-c2ccccc2)c(-c2ccccc2)nn(C)c1=O. The van der Waals surface area contributed by atoms with E-state index in [-0.39, 0.29) is 5.56 Å². The van der Waals surface area contributed by atoms with Crippen LogP contribution in [-0.4, -0.2) is 22.8 Å². The average Bonchev–Trinajstić information content (AvgIpc) is 2.83. The molecule has 1 heterocycles. The predicted octanol–water partition coefficient (Wildman–Crippen LogP) is 5.34. The molecule has 4 aromatic rings. The van der Waals surface area contributed by atoms with E-state index < -0.39 is 11.5 Å². The molecule has 33 heavy (non-hydrogen) atoms. The number of anilines is 1. The first-order valence-corrected chi connectivity index (χ1v) is 10.7. The van der Waals surface area contributed by atoms with Crippen molar-refractivity contribution in [1.29, 1.82) is 0 Å². The summed E-state index contributed by atoms with van der Waals surface area (Å²) < 4.78 is 6.57. The van der Waals surface area contributed by atoms with Gasteiger partial charge in [0, 0.05) is 29.3 Å². The molecule has 1 N–H and O–H groups in total. The average molecular weight is 460 g/mol. The van der Waals surface area contributed by atoms with Crippen LogP contribution in [0.4, 0.5) is 5.69 Å². The molecule has 0 saturated heterocycles. The second kappa shape index (κ2) is 9.30. The molecule has 1 aromatic heterocycles. The van der Waals surface area contributed by atoms with Gasteiger partial charge < -0.3 is 10.1 Å². The molecule has 3 aromatic carbocycles. The third-order valence-electron chi connectivity index (χ3n) is 5.31. The standard InChI is InChI=1S/C26H22ClN3O3/c1-16-14-20(21(33-3)15-19(16)27)28-25(31)23-22(17-10-6-4-7-11-17)24(29-30(2)26(23)32)18-12-8-5-9-13-18/h4-15H,1-3H3,(H,28,31). The summed E-state index contributed by atoms with van der Waals surface area (Å²) in [5.41, 5.74) is 3.18. The van der Waals surface area contributed by atoms with Crippen molar-refractivity contribution in [2.75, 3.05) is 12.4 Å². The highest BCUT2D eigenvalue weighted by atomic mass is 35.5. The number of nitrogens with zero attached hydrogens (tertiary/aromatic N) is 2. The Morgan fingerprint density at radius 1 is 1.00 bits per heavy atom. The molecular weight excluding hydrogens is 438 g/mol. The summed E-state index contributed by atoms with van der Waals surface area (Å²) in [6.45, 7) is 1.83. The highest BCUT2D eigenvalue weighted by molar-refractivity contribution is 6.31. The summed E-state index contributed by atoms with van der Waals surface area (Å²) in [7, 11) is 3.03. The summed E-state index contributed by atoms with van der Waals surface area (Å²) in [6, 6.07) is 22.1. The summed E-state index contributed by atoms with van der Waals surface area (Å²) in [4.78, 5) is 26.8. The Morgan fingerprint density at radius 3 is 2.21 bits per heavy atom. The molecule has 0 fully saturated rings. The van der Waals surface area contributed by atoms with E-state index in [9.17, 15) is 9.59 Å². The molecule has 0 aliphatic carbocycles. The minimum atomic E-state index is -0.561. The summed E-state index contributed by atoms with van der Waals surface area (Å²) in [5, 5.41) is 7.86. The van der Waals surface area contributed by atoms with Crippen LogP contribution in [0.2, 0.25) is 5.02 Å². The molecule has 0 aliphatic heterocycles. The smallest absolute Gasteiger partial charge is 0.280 e. The number of carbonyl (C=O) groups excluding carboxylic acids is 1. The Labute approximate surface area is 196 Å². The van der Waals surface area contributed by atoms with Crippen molar-refractivity contribution in [2.24, 2.45) is 7.05 Å². The first-order chi connectivity index (χ1) is 15.9. The number of carbonyl (C=O) groups is 1. The van der Waals surface area contributed by atoms with Crippen molar-refractivity contribution in [1.82, 2.24) is 9.78 Å². The van der Waals surface area contributed by atoms with Crippen molar-refractivity contribution >= 4 is 23.2 Å². The van der Waals surface area contributed by atoms with Crippen LogP contribution in [0, 0.1) is 6.92 Å². The minimum Gasteiger partial charge on any atom is -0.495 e. The zero-order chi connectivity index (χ0) is 23.5. The van der Waals surface area contributed by atoms with Gasteiger partial charge in [-0.3, -0.25) is 9.59 Å². The maximum atomic E-state index is 13.6. The molecule has 4 rings (SSSR count). The molecule has 0 aliphatic rings. The fourth-order valence-electron chi connectivity index (χ4n) is 3.64. The third kappa shape index (κ3) is 4.38. The van der Waals surface area contributed by atoms with Crippen molar-refractivity contribution < 1.29 is 9.53 Å². The summed E-state index contributed by atoms with van der Waals surface area (Å²) in [6.07, 6.45) is 0. The van der Waals surface area contributed by atoms with Gasteiger partial charge >= 0.3 is 0 Å². The molecule has 1 amide bonds. The van der Waals surface area contributed by atoms with Crippen LogP contribution in [-0.2, 0) is 7.05 Å². The van der Waals surface area contributed by atoms with Gasteiger partial charge in [-0.05, 0) is 24.1 Å². The molecule has 0 radical (unpaired) electrons. The monoisotopic (exact) mass is 459 g/mol. The number of hydrogen-bond donors (Lipinski definition) is 1. The summed E-state index contributed by atoms with van der Waals surface area (Å²) in [5.74, 6) is -0.163. The van der Waals surface area contributed by atoms with E-state index in [0.29, 0.717) is 33.3 Å². The lowest BCUT2D eigenvalue weighted by molar-refractivity contribution is 0.102. The van der Waals surface area contributed by atoms with Gasteiger partial charge in [-0.1, -0.05) is 72.3 Å². The number of ether oxygens (including phenoxy) is 1. The van der Waals surface area contributed by atoms with Crippen LogP contribution >= 0.6 is 11.6 Å². The Kier molecular flexibility index (Phi) is 6.29. The lowest BCUT2D eigenvalue weighted by Gasteiger charge is -2.17. The fraction of sp³-hybridized carbons (Fsp3) is 0.115. The molecule has 7 heteroatoms. The van der Waals surface area contributed by atoms with Gasteiger partial charge in [-0.25, -0.2) is 4.68 Å². The molecule has 0 spiro atoms. The molecule has 0 unspecified atom stereocenters. The number of hydrogen-bond acceptors (Lipinski definition) is 4. The quantitative estimate of drug-likeness (QED) is 0.437. The number of halogens is 1. The van der Waals surface area contributed by atoms with E-state index in [1.165, 1.54) is 18.8 Å². The zero-order valence-corrected chi connectivity index (χ0v) is 19.2. The minimum absolute atomic E-state index is 0.00721. The Morgan fingerprint density at radius 2 is 1.61 bits per heavy atom. The predicted molar refractivity (Wildman–Crippen MR) is 131 cm³/mol. The zero-order valence-electron chi connectivity index (χ0n) is 18.4. The number of amides is 1. The Hall–Kier alpha value is -3.90. The van der Waals surface area contributed by atoms with E-state index in [4.69, 9.17) is 16.3 Å². The molecule has 0 saturated carbocycles. The van der Waals surface area contributed by atoms with Gasteiger partial charge in [0.1, 0.15) is 11.3 Å². The number of benzene rings is 3. The van der Waals surface area contributed by atoms with E-state index in [0.717, 1.165) is 11.1 Å². The fourth-order valence-corrected chi connectivity index (χ4v) is 3.80. The van der Waals surface area contributed by atoms with E-state index in [2.05, 4.69) is 10.4 Å². The number of aryl methyl sites for hydroxylation is 2. The molecule has 6 nitrogen and oxygen atoms in total. The van der Waals surface area contributed by atoms with Crippen LogP contribution in [0.3, 0.4) is 0 Å². The van der Waals surface area contributed by atoms with Crippen molar-refractivity contribution in [3.05, 3.63) is 99.3 Å². The molecular formula is C26H22ClN3O3. The lowest BCUT2D eigenvalue weighted by atomic mass is 9.95. The van der Waals surface area contributed by atoms with Gasteiger partial charge in [0.15, 0.2) is 0 Å². The highest BCUT2D eigenvalue weighted by Crippen LogP contribution is 2.34. The Balaban J connectivity index is 1.95. The molecule has 0 atom stereocenters. The van der Waals surface area contributed by atoms with E-state index in [1.807, 2.05) is 67.6 Å². The lowest BCUT2D eigenvalue weighted by Crippen LogP contribution is -2.31. The highest BCUT2D eigenvalue weighted by Gasteiger charge is 2.25. The second-order valence-corrected chi connectivity index (χ2v) is 7.92.